The van der Waals surface area contributed by atoms with E-state index in [9.17, 15) is 4.79 Å². The number of fused-ring (bicyclic) bond motifs is 1. The zero-order valence-electron chi connectivity index (χ0n) is 16.5. The molecule has 1 aromatic carbocycles. The summed E-state index contributed by atoms with van der Waals surface area (Å²) in [4.78, 5) is 15.4. The fourth-order valence-electron chi connectivity index (χ4n) is 5.09. The highest BCUT2D eigenvalue weighted by Gasteiger charge is 2.53. The van der Waals surface area contributed by atoms with Gasteiger partial charge in [-0.2, -0.15) is 5.10 Å². The molecule has 0 radical (unpaired) electrons. The van der Waals surface area contributed by atoms with Crippen LogP contribution in [0.4, 0.5) is 0 Å². The average Bonchev–Trinajstić information content (AvgIpc) is 3.37. The number of para-hydroxylation sites is 1. The zero-order valence-corrected chi connectivity index (χ0v) is 16.5. The monoisotopic (exact) mass is 378 g/mol. The van der Waals surface area contributed by atoms with Gasteiger partial charge in [-0.05, 0) is 30.7 Å². The van der Waals surface area contributed by atoms with Gasteiger partial charge in [-0.25, -0.2) is 0 Å². The summed E-state index contributed by atoms with van der Waals surface area (Å²) in [5.41, 5.74) is 1.70. The van der Waals surface area contributed by atoms with Crippen molar-refractivity contribution in [3.8, 4) is 0 Å². The molecule has 1 unspecified atom stereocenters. The van der Waals surface area contributed by atoms with E-state index in [1.54, 1.807) is 4.68 Å². The fraction of sp³-hybridized carbons (Fsp3) is 0.524. The standard InChI is InChI=1S/C21H26N6O/c1-3-11-26-14-22-23-19(26)16-12-27(13-21(16)9-6-10-21)20(28)18-15-7-4-5-8-17(15)25(2)24-18/h4-5,7-8,14,16H,3,6,9-13H2,1-2H3. The van der Waals surface area contributed by atoms with Crippen molar-refractivity contribution >= 4 is 16.8 Å². The van der Waals surface area contributed by atoms with Gasteiger partial charge in [0.2, 0.25) is 0 Å². The third-order valence-electron chi connectivity index (χ3n) is 6.67. The van der Waals surface area contributed by atoms with E-state index < -0.39 is 0 Å². The van der Waals surface area contributed by atoms with Crippen molar-refractivity contribution in [1.29, 1.82) is 0 Å². The van der Waals surface area contributed by atoms with Gasteiger partial charge in [0.05, 0.1) is 5.52 Å². The first-order valence-electron chi connectivity index (χ1n) is 10.2. The van der Waals surface area contributed by atoms with Crippen LogP contribution in [0.5, 0.6) is 0 Å². The number of rotatable bonds is 4. The highest BCUT2D eigenvalue weighted by molar-refractivity contribution is 6.05. The first-order chi connectivity index (χ1) is 13.6. The summed E-state index contributed by atoms with van der Waals surface area (Å²) in [6, 6.07) is 7.94. The topological polar surface area (TPSA) is 68.8 Å². The Labute approximate surface area is 164 Å². The molecule has 7 nitrogen and oxygen atoms in total. The van der Waals surface area contributed by atoms with Gasteiger partial charge in [0.1, 0.15) is 12.2 Å². The van der Waals surface area contributed by atoms with Crippen LogP contribution in [-0.2, 0) is 13.6 Å². The number of amides is 1. The Morgan fingerprint density at radius 1 is 1.29 bits per heavy atom. The van der Waals surface area contributed by atoms with Crippen molar-refractivity contribution in [2.45, 2.75) is 45.1 Å². The lowest BCUT2D eigenvalue weighted by atomic mass is 9.62. The Hall–Kier alpha value is -2.70. The van der Waals surface area contributed by atoms with Gasteiger partial charge >= 0.3 is 0 Å². The van der Waals surface area contributed by atoms with Gasteiger partial charge in [0.25, 0.3) is 5.91 Å². The third-order valence-corrected chi connectivity index (χ3v) is 6.67. The number of hydrogen-bond acceptors (Lipinski definition) is 4. The summed E-state index contributed by atoms with van der Waals surface area (Å²) in [7, 11) is 1.90. The minimum Gasteiger partial charge on any atom is -0.336 e. The van der Waals surface area contributed by atoms with Gasteiger partial charge < -0.3 is 9.47 Å². The number of aromatic nitrogens is 5. The lowest BCUT2D eigenvalue weighted by Gasteiger charge is -2.42. The van der Waals surface area contributed by atoms with Crippen molar-refractivity contribution in [2.75, 3.05) is 13.1 Å². The van der Waals surface area contributed by atoms with Crippen molar-refractivity contribution < 1.29 is 4.79 Å². The number of nitrogens with zero attached hydrogens (tertiary/aromatic N) is 6. The second kappa shape index (κ2) is 6.43. The lowest BCUT2D eigenvalue weighted by molar-refractivity contribution is 0.0719. The van der Waals surface area contributed by atoms with Crippen molar-refractivity contribution in [2.24, 2.45) is 12.5 Å². The number of aryl methyl sites for hydroxylation is 2. The molecule has 1 aliphatic heterocycles. The first-order valence-corrected chi connectivity index (χ1v) is 10.2. The first kappa shape index (κ1) is 17.4. The predicted octanol–water partition coefficient (Wildman–Crippen LogP) is 2.98. The molecular formula is C21H26N6O. The molecule has 1 saturated heterocycles. The van der Waals surface area contributed by atoms with Crippen LogP contribution in [0.2, 0.25) is 0 Å². The maximum atomic E-state index is 13.4. The maximum absolute atomic E-state index is 13.4. The van der Waals surface area contributed by atoms with E-state index in [2.05, 4.69) is 26.8 Å². The molecule has 1 atom stereocenters. The van der Waals surface area contributed by atoms with Crippen LogP contribution in [0.3, 0.4) is 0 Å². The zero-order chi connectivity index (χ0) is 19.3. The highest BCUT2D eigenvalue weighted by Crippen LogP contribution is 2.55. The summed E-state index contributed by atoms with van der Waals surface area (Å²) in [6.45, 7) is 4.58. The van der Waals surface area contributed by atoms with E-state index in [4.69, 9.17) is 0 Å². The van der Waals surface area contributed by atoms with Gasteiger partial charge in [0.15, 0.2) is 5.69 Å². The van der Waals surface area contributed by atoms with Crippen molar-refractivity contribution in [3.63, 3.8) is 0 Å². The summed E-state index contributed by atoms with van der Waals surface area (Å²) >= 11 is 0. The highest BCUT2D eigenvalue weighted by atomic mass is 16.2. The SMILES string of the molecule is CCCn1cnnc1C1CN(C(=O)c2nn(C)c3ccccc23)CC12CCC2. The third kappa shape index (κ3) is 2.48. The molecule has 1 aliphatic carbocycles. The van der Waals surface area contributed by atoms with Crippen LogP contribution in [0, 0.1) is 5.41 Å². The number of carbonyl (C=O) groups excluding carboxylic acids is 1. The minimum absolute atomic E-state index is 0.0344. The van der Waals surface area contributed by atoms with Crippen LogP contribution >= 0.6 is 0 Å². The summed E-state index contributed by atoms with van der Waals surface area (Å²) in [5, 5.41) is 14.1. The van der Waals surface area contributed by atoms with E-state index in [1.807, 2.05) is 42.5 Å². The van der Waals surface area contributed by atoms with E-state index in [1.165, 1.54) is 6.42 Å². The van der Waals surface area contributed by atoms with E-state index >= 15 is 0 Å². The molecule has 3 heterocycles. The van der Waals surface area contributed by atoms with Crippen LogP contribution in [0.15, 0.2) is 30.6 Å². The van der Waals surface area contributed by atoms with Gasteiger partial charge in [-0.15, -0.1) is 10.2 Å². The molecule has 3 aromatic rings. The molecule has 0 N–H and O–H groups in total. The molecule has 1 saturated carbocycles. The number of likely N-dealkylation sites (tertiary alicyclic amines) is 1. The summed E-state index contributed by atoms with van der Waals surface area (Å²) in [6.07, 6.45) is 6.43. The summed E-state index contributed by atoms with van der Waals surface area (Å²) in [5.74, 6) is 1.34. The Kier molecular flexibility index (Phi) is 4.00. The van der Waals surface area contributed by atoms with Crippen LogP contribution in [0.1, 0.15) is 54.8 Å². The molecule has 2 aliphatic rings. The molecule has 0 bridgehead atoms. The van der Waals surface area contributed by atoms with Crippen molar-refractivity contribution in [3.05, 3.63) is 42.1 Å². The van der Waals surface area contributed by atoms with E-state index in [0.29, 0.717) is 12.2 Å². The Balaban J connectivity index is 1.48. The van der Waals surface area contributed by atoms with Gasteiger partial charge in [-0.3, -0.25) is 9.48 Å². The van der Waals surface area contributed by atoms with Crippen LogP contribution < -0.4 is 0 Å². The predicted molar refractivity (Wildman–Crippen MR) is 106 cm³/mol. The molecule has 7 heteroatoms. The van der Waals surface area contributed by atoms with Crippen molar-refractivity contribution in [1.82, 2.24) is 29.4 Å². The average molecular weight is 378 g/mol. The number of carbonyl (C=O) groups is 1. The fourth-order valence-corrected chi connectivity index (χ4v) is 5.09. The molecule has 1 spiro atoms. The largest absolute Gasteiger partial charge is 0.336 e. The minimum atomic E-state index is 0.0344. The normalized spacial score (nSPS) is 20.8. The smallest absolute Gasteiger partial charge is 0.275 e. The Morgan fingerprint density at radius 2 is 2.11 bits per heavy atom. The lowest BCUT2D eigenvalue weighted by Crippen LogP contribution is -2.38. The Morgan fingerprint density at radius 3 is 2.86 bits per heavy atom. The second-order valence-corrected chi connectivity index (χ2v) is 8.33. The van der Waals surface area contributed by atoms with E-state index in [0.717, 1.165) is 49.1 Å². The number of benzene rings is 1. The van der Waals surface area contributed by atoms with Crippen LogP contribution in [-0.4, -0.2) is 48.4 Å². The quantitative estimate of drug-likeness (QED) is 0.700. The molecule has 28 heavy (non-hydrogen) atoms. The molecule has 1 amide bonds. The maximum Gasteiger partial charge on any atom is 0.275 e. The van der Waals surface area contributed by atoms with Crippen LogP contribution in [0.25, 0.3) is 10.9 Å². The van der Waals surface area contributed by atoms with E-state index in [-0.39, 0.29) is 17.2 Å². The molecule has 2 aromatic heterocycles. The second-order valence-electron chi connectivity index (χ2n) is 8.33. The molecule has 2 fully saturated rings. The molecule has 5 rings (SSSR count). The summed E-state index contributed by atoms with van der Waals surface area (Å²) < 4.78 is 3.97. The molecule has 146 valence electrons. The molecular weight excluding hydrogens is 352 g/mol. The van der Waals surface area contributed by atoms with Gasteiger partial charge in [-0.1, -0.05) is 31.5 Å². The number of hydrogen-bond donors (Lipinski definition) is 0. The Bertz CT molecular complexity index is 1030. The van der Waals surface area contributed by atoms with Gasteiger partial charge in [0, 0.05) is 38.0 Å².